The van der Waals surface area contributed by atoms with Gasteiger partial charge in [-0.25, -0.2) is 9.18 Å². The molecule has 1 rings (SSSR count). The third-order valence-electron chi connectivity index (χ3n) is 1.42. The number of aromatic hydroxyl groups is 1. The predicted octanol–water partition coefficient (Wildman–Crippen LogP) is 1.10. The SMILES string of the molecule is N#Cc1cc(F)c(O)c(C(=O)O)c1. The van der Waals surface area contributed by atoms with Gasteiger partial charge in [-0.2, -0.15) is 5.26 Å². The van der Waals surface area contributed by atoms with Crippen molar-refractivity contribution in [1.29, 1.82) is 5.26 Å². The van der Waals surface area contributed by atoms with Crippen molar-refractivity contribution in [3.63, 3.8) is 0 Å². The molecule has 0 amide bonds. The van der Waals surface area contributed by atoms with Crippen LogP contribution in [0.1, 0.15) is 15.9 Å². The number of phenols is 1. The summed E-state index contributed by atoms with van der Waals surface area (Å²) in [6.07, 6.45) is 0. The van der Waals surface area contributed by atoms with E-state index in [2.05, 4.69) is 0 Å². The minimum absolute atomic E-state index is 0.146. The summed E-state index contributed by atoms with van der Waals surface area (Å²) in [5.74, 6) is -3.54. The van der Waals surface area contributed by atoms with E-state index < -0.39 is 23.1 Å². The van der Waals surface area contributed by atoms with Crippen LogP contribution < -0.4 is 0 Å². The highest BCUT2D eigenvalue weighted by molar-refractivity contribution is 5.91. The number of hydrogen-bond acceptors (Lipinski definition) is 3. The number of carboxylic acid groups (broad SMARTS) is 1. The molecule has 0 saturated heterocycles. The van der Waals surface area contributed by atoms with Gasteiger partial charge in [0.2, 0.25) is 0 Å². The molecular formula is C8H4FNO3. The molecule has 0 radical (unpaired) electrons. The summed E-state index contributed by atoms with van der Waals surface area (Å²) in [5, 5.41) is 25.8. The zero-order valence-electron chi connectivity index (χ0n) is 6.28. The van der Waals surface area contributed by atoms with Crippen molar-refractivity contribution in [3.05, 3.63) is 29.1 Å². The molecule has 1 aromatic carbocycles. The van der Waals surface area contributed by atoms with E-state index in [1.54, 1.807) is 6.07 Å². The fourth-order valence-corrected chi connectivity index (χ4v) is 0.827. The minimum Gasteiger partial charge on any atom is -0.504 e. The lowest BCUT2D eigenvalue weighted by Crippen LogP contribution is -1.99. The van der Waals surface area contributed by atoms with Crippen molar-refractivity contribution in [3.8, 4) is 11.8 Å². The second kappa shape index (κ2) is 3.11. The van der Waals surface area contributed by atoms with Gasteiger partial charge in [0.05, 0.1) is 11.6 Å². The zero-order valence-corrected chi connectivity index (χ0v) is 6.28. The highest BCUT2D eigenvalue weighted by Gasteiger charge is 2.15. The number of halogens is 1. The third kappa shape index (κ3) is 1.56. The number of rotatable bonds is 1. The van der Waals surface area contributed by atoms with Gasteiger partial charge in [-0.1, -0.05) is 0 Å². The molecule has 0 aliphatic heterocycles. The molecule has 5 heteroatoms. The normalized spacial score (nSPS) is 9.23. The van der Waals surface area contributed by atoms with Gasteiger partial charge >= 0.3 is 5.97 Å². The maximum atomic E-state index is 12.7. The molecule has 4 nitrogen and oxygen atoms in total. The number of aromatic carboxylic acids is 1. The first kappa shape index (κ1) is 9.00. The fourth-order valence-electron chi connectivity index (χ4n) is 0.827. The number of carbonyl (C=O) groups is 1. The van der Waals surface area contributed by atoms with Crippen LogP contribution in [-0.4, -0.2) is 16.2 Å². The number of nitrogens with zero attached hydrogens (tertiary/aromatic N) is 1. The molecule has 2 N–H and O–H groups in total. The first-order chi connectivity index (χ1) is 6.06. The lowest BCUT2D eigenvalue weighted by molar-refractivity contribution is 0.0692. The van der Waals surface area contributed by atoms with Crippen molar-refractivity contribution < 1.29 is 19.4 Å². The first-order valence-corrected chi connectivity index (χ1v) is 3.22. The number of carboxylic acids is 1. The standard InChI is InChI=1S/C8H4FNO3/c9-6-2-4(3-10)1-5(7(6)11)8(12)13/h1-2,11H,(H,12,13). The lowest BCUT2D eigenvalue weighted by Gasteiger charge is -2.00. The molecule has 66 valence electrons. The summed E-state index contributed by atoms with van der Waals surface area (Å²) < 4.78 is 12.7. The Balaban J connectivity index is 3.44. The molecule has 1 aromatic rings. The third-order valence-corrected chi connectivity index (χ3v) is 1.42. The van der Waals surface area contributed by atoms with Gasteiger partial charge in [0.1, 0.15) is 5.56 Å². The Labute approximate surface area is 72.5 Å². The molecule has 0 spiro atoms. The van der Waals surface area contributed by atoms with Crippen molar-refractivity contribution >= 4 is 5.97 Å². The largest absolute Gasteiger partial charge is 0.504 e. The lowest BCUT2D eigenvalue weighted by atomic mass is 10.1. The Bertz CT molecular complexity index is 409. The molecule has 0 fully saturated rings. The van der Waals surface area contributed by atoms with Crippen LogP contribution in [0.5, 0.6) is 5.75 Å². The van der Waals surface area contributed by atoms with Crippen molar-refractivity contribution in [2.45, 2.75) is 0 Å². The van der Waals surface area contributed by atoms with Crippen molar-refractivity contribution in [1.82, 2.24) is 0 Å². The summed E-state index contributed by atoms with van der Waals surface area (Å²) >= 11 is 0. The van der Waals surface area contributed by atoms with Crippen LogP contribution in [0.25, 0.3) is 0 Å². The smallest absolute Gasteiger partial charge is 0.339 e. The highest BCUT2D eigenvalue weighted by Crippen LogP contribution is 2.22. The maximum Gasteiger partial charge on any atom is 0.339 e. The molecule has 0 aromatic heterocycles. The molecule has 0 heterocycles. The summed E-state index contributed by atoms with van der Waals surface area (Å²) in [7, 11) is 0. The molecule has 13 heavy (non-hydrogen) atoms. The van der Waals surface area contributed by atoms with Gasteiger partial charge in [0, 0.05) is 0 Å². The van der Waals surface area contributed by atoms with E-state index in [9.17, 15) is 9.18 Å². The zero-order chi connectivity index (χ0) is 10.0. The molecule has 0 unspecified atom stereocenters. The van der Waals surface area contributed by atoms with Crippen LogP contribution in [0.15, 0.2) is 12.1 Å². The van der Waals surface area contributed by atoms with E-state index in [1.807, 2.05) is 0 Å². The Hall–Kier alpha value is -2.09. The van der Waals surface area contributed by atoms with Gasteiger partial charge in [-0.3, -0.25) is 0 Å². The second-order valence-electron chi connectivity index (χ2n) is 2.27. The maximum absolute atomic E-state index is 12.7. The van der Waals surface area contributed by atoms with E-state index in [4.69, 9.17) is 15.5 Å². The van der Waals surface area contributed by atoms with Crippen LogP contribution >= 0.6 is 0 Å². The first-order valence-electron chi connectivity index (χ1n) is 3.22. The van der Waals surface area contributed by atoms with Crippen LogP contribution in [0.4, 0.5) is 4.39 Å². The predicted molar refractivity (Wildman–Crippen MR) is 39.7 cm³/mol. The highest BCUT2D eigenvalue weighted by atomic mass is 19.1. The van der Waals surface area contributed by atoms with E-state index in [1.165, 1.54) is 0 Å². The second-order valence-corrected chi connectivity index (χ2v) is 2.27. The Kier molecular flexibility index (Phi) is 2.15. The Morgan fingerprint density at radius 2 is 2.15 bits per heavy atom. The summed E-state index contributed by atoms with van der Waals surface area (Å²) in [6, 6.07) is 3.24. The summed E-state index contributed by atoms with van der Waals surface area (Å²) in [5.41, 5.74) is -0.760. The minimum atomic E-state index is -1.48. The number of nitriles is 1. The average molecular weight is 181 g/mol. The molecule has 0 bridgehead atoms. The van der Waals surface area contributed by atoms with E-state index in [0.29, 0.717) is 0 Å². The van der Waals surface area contributed by atoms with Gasteiger partial charge in [-0.15, -0.1) is 0 Å². The summed E-state index contributed by atoms with van der Waals surface area (Å²) in [6.45, 7) is 0. The quantitative estimate of drug-likeness (QED) is 0.679. The Morgan fingerprint density at radius 1 is 1.54 bits per heavy atom. The number of benzene rings is 1. The van der Waals surface area contributed by atoms with Crippen molar-refractivity contribution in [2.75, 3.05) is 0 Å². The molecule has 0 aliphatic carbocycles. The van der Waals surface area contributed by atoms with Gasteiger partial charge in [0.25, 0.3) is 0 Å². The van der Waals surface area contributed by atoms with Crippen LogP contribution in [0, 0.1) is 17.1 Å². The van der Waals surface area contributed by atoms with Gasteiger partial charge < -0.3 is 10.2 Å². The van der Waals surface area contributed by atoms with Crippen LogP contribution in [0.2, 0.25) is 0 Å². The van der Waals surface area contributed by atoms with Crippen LogP contribution in [0.3, 0.4) is 0 Å². The van der Waals surface area contributed by atoms with Crippen molar-refractivity contribution in [2.24, 2.45) is 0 Å². The average Bonchev–Trinajstić information content (AvgIpc) is 2.09. The topological polar surface area (TPSA) is 81.3 Å². The summed E-state index contributed by atoms with van der Waals surface area (Å²) in [4.78, 5) is 10.4. The Morgan fingerprint density at radius 3 is 2.62 bits per heavy atom. The van der Waals surface area contributed by atoms with Gasteiger partial charge in [0.15, 0.2) is 11.6 Å². The molecule has 0 saturated carbocycles. The molecular weight excluding hydrogens is 177 g/mol. The fraction of sp³-hybridized carbons (Fsp3) is 0. The number of hydrogen-bond donors (Lipinski definition) is 2. The van der Waals surface area contributed by atoms with E-state index in [-0.39, 0.29) is 5.56 Å². The van der Waals surface area contributed by atoms with E-state index in [0.717, 1.165) is 12.1 Å². The van der Waals surface area contributed by atoms with Gasteiger partial charge in [-0.05, 0) is 12.1 Å². The van der Waals surface area contributed by atoms with E-state index >= 15 is 0 Å². The van der Waals surface area contributed by atoms with Crippen LogP contribution in [-0.2, 0) is 0 Å². The molecule has 0 atom stereocenters. The molecule has 0 aliphatic rings. The monoisotopic (exact) mass is 181 g/mol.